The standard InChI is InChI=1S/C16H27N3/c1-3-17-16(15-8-5-4-6-9-15)14-19-11-7-10-18(2)12-13-19/h4-6,8-9,16-17H,3,7,10-14H2,1-2H3. The van der Waals surface area contributed by atoms with Gasteiger partial charge >= 0.3 is 0 Å². The Morgan fingerprint density at radius 1 is 1.11 bits per heavy atom. The van der Waals surface area contributed by atoms with Crippen molar-refractivity contribution < 1.29 is 0 Å². The molecule has 1 fully saturated rings. The van der Waals surface area contributed by atoms with Gasteiger partial charge in [-0.3, -0.25) is 0 Å². The molecular weight excluding hydrogens is 234 g/mol. The highest BCUT2D eigenvalue weighted by molar-refractivity contribution is 5.19. The molecule has 0 spiro atoms. The summed E-state index contributed by atoms with van der Waals surface area (Å²) in [6.07, 6.45) is 1.28. The van der Waals surface area contributed by atoms with Crippen LogP contribution in [0, 0.1) is 0 Å². The molecule has 0 bridgehead atoms. The molecule has 1 aromatic rings. The number of nitrogens with one attached hydrogen (secondary N) is 1. The van der Waals surface area contributed by atoms with Gasteiger partial charge in [-0.15, -0.1) is 0 Å². The van der Waals surface area contributed by atoms with Crippen LogP contribution in [0.1, 0.15) is 24.9 Å². The van der Waals surface area contributed by atoms with E-state index in [0.29, 0.717) is 6.04 Å². The fraction of sp³-hybridized carbons (Fsp3) is 0.625. The van der Waals surface area contributed by atoms with Crippen LogP contribution in [0.5, 0.6) is 0 Å². The lowest BCUT2D eigenvalue weighted by atomic mass is 10.1. The summed E-state index contributed by atoms with van der Waals surface area (Å²) >= 11 is 0. The minimum atomic E-state index is 0.453. The van der Waals surface area contributed by atoms with Gasteiger partial charge in [0.15, 0.2) is 0 Å². The number of nitrogens with zero attached hydrogens (tertiary/aromatic N) is 2. The maximum atomic E-state index is 3.62. The molecule has 0 radical (unpaired) electrons. The van der Waals surface area contributed by atoms with E-state index in [1.807, 2.05) is 0 Å². The molecule has 0 amide bonds. The summed E-state index contributed by atoms with van der Waals surface area (Å²) < 4.78 is 0. The largest absolute Gasteiger partial charge is 0.309 e. The van der Waals surface area contributed by atoms with Crippen molar-refractivity contribution in [1.29, 1.82) is 0 Å². The molecule has 1 unspecified atom stereocenters. The van der Waals surface area contributed by atoms with E-state index in [9.17, 15) is 0 Å². The van der Waals surface area contributed by atoms with Crippen LogP contribution in [0.15, 0.2) is 30.3 Å². The number of hydrogen-bond donors (Lipinski definition) is 1. The van der Waals surface area contributed by atoms with E-state index in [-0.39, 0.29) is 0 Å². The van der Waals surface area contributed by atoms with Gasteiger partial charge in [-0.1, -0.05) is 37.3 Å². The zero-order valence-corrected chi connectivity index (χ0v) is 12.3. The van der Waals surface area contributed by atoms with E-state index >= 15 is 0 Å². The Morgan fingerprint density at radius 2 is 1.89 bits per heavy atom. The highest BCUT2D eigenvalue weighted by Crippen LogP contribution is 2.15. The Kier molecular flexibility index (Phi) is 5.83. The lowest BCUT2D eigenvalue weighted by Crippen LogP contribution is -2.37. The van der Waals surface area contributed by atoms with E-state index < -0.39 is 0 Å². The Balaban J connectivity index is 1.96. The summed E-state index contributed by atoms with van der Waals surface area (Å²) in [5, 5.41) is 3.62. The van der Waals surface area contributed by atoms with Crippen molar-refractivity contribution >= 4 is 0 Å². The van der Waals surface area contributed by atoms with Crippen LogP contribution in [0.25, 0.3) is 0 Å². The van der Waals surface area contributed by atoms with Gasteiger partial charge in [0.1, 0.15) is 0 Å². The predicted octanol–water partition coefficient (Wildman–Crippen LogP) is 1.97. The highest BCUT2D eigenvalue weighted by Gasteiger charge is 2.17. The van der Waals surface area contributed by atoms with Crippen molar-refractivity contribution in [3.05, 3.63) is 35.9 Å². The topological polar surface area (TPSA) is 18.5 Å². The third kappa shape index (κ3) is 4.60. The van der Waals surface area contributed by atoms with E-state index in [0.717, 1.165) is 13.1 Å². The first-order valence-corrected chi connectivity index (χ1v) is 7.49. The smallest absolute Gasteiger partial charge is 0.0449 e. The van der Waals surface area contributed by atoms with Crippen LogP contribution in [0.2, 0.25) is 0 Å². The lowest BCUT2D eigenvalue weighted by molar-refractivity contribution is 0.248. The quantitative estimate of drug-likeness (QED) is 0.874. The van der Waals surface area contributed by atoms with Crippen LogP contribution >= 0.6 is 0 Å². The van der Waals surface area contributed by atoms with Gasteiger partial charge in [0.05, 0.1) is 0 Å². The van der Waals surface area contributed by atoms with Crippen molar-refractivity contribution in [2.45, 2.75) is 19.4 Å². The third-order valence-electron chi connectivity index (χ3n) is 3.91. The van der Waals surface area contributed by atoms with E-state index in [2.05, 4.69) is 59.4 Å². The maximum absolute atomic E-state index is 3.62. The SMILES string of the molecule is CCNC(CN1CCCN(C)CC1)c1ccccc1. The zero-order chi connectivity index (χ0) is 13.5. The molecule has 1 aliphatic heterocycles. The van der Waals surface area contributed by atoms with Gasteiger partial charge in [0.25, 0.3) is 0 Å². The first-order chi connectivity index (χ1) is 9.29. The second kappa shape index (κ2) is 7.63. The van der Waals surface area contributed by atoms with Crippen molar-refractivity contribution in [3.8, 4) is 0 Å². The normalized spacial score (nSPS) is 20.1. The lowest BCUT2D eigenvalue weighted by Gasteiger charge is -2.27. The second-order valence-electron chi connectivity index (χ2n) is 5.48. The Morgan fingerprint density at radius 3 is 2.63 bits per heavy atom. The Bertz CT molecular complexity index is 352. The van der Waals surface area contributed by atoms with Crippen molar-refractivity contribution in [2.24, 2.45) is 0 Å². The van der Waals surface area contributed by atoms with E-state index in [1.54, 1.807) is 0 Å². The maximum Gasteiger partial charge on any atom is 0.0449 e. The average Bonchev–Trinajstić information content (AvgIpc) is 2.64. The molecule has 19 heavy (non-hydrogen) atoms. The van der Waals surface area contributed by atoms with Gasteiger partial charge in [0.2, 0.25) is 0 Å². The van der Waals surface area contributed by atoms with Crippen LogP contribution in [0.3, 0.4) is 0 Å². The molecular formula is C16H27N3. The molecule has 2 rings (SSSR count). The monoisotopic (exact) mass is 261 g/mol. The number of benzene rings is 1. The molecule has 1 N–H and O–H groups in total. The summed E-state index contributed by atoms with van der Waals surface area (Å²) in [5.74, 6) is 0. The van der Waals surface area contributed by atoms with Crippen molar-refractivity contribution in [2.75, 3.05) is 46.3 Å². The number of rotatable bonds is 5. The molecule has 106 valence electrons. The first-order valence-electron chi connectivity index (χ1n) is 7.49. The third-order valence-corrected chi connectivity index (χ3v) is 3.91. The molecule has 1 atom stereocenters. The van der Waals surface area contributed by atoms with Gasteiger partial charge in [-0.25, -0.2) is 0 Å². The van der Waals surface area contributed by atoms with Crippen LogP contribution in [0.4, 0.5) is 0 Å². The van der Waals surface area contributed by atoms with Gasteiger partial charge < -0.3 is 15.1 Å². The van der Waals surface area contributed by atoms with Crippen molar-refractivity contribution in [1.82, 2.24) is 15.1 Å². The second-order valence-corrected chi connectivity index (χ2v) is 5.48. The molecule has 0 aromatic heterocycles. The zero-order valence-electron chi connectivity index (χ0n) is 12.3. The fourth-order valence-electron chi connectivity index (χ4n) is 2.76. The molecule has 0 aliphatic carbocycles. The molecule has 1 heterocycles. The summed E-state index contributed by atoms with van der Waals surface area (Å²) in [6, 6.07) is 11.3. The van der Waals surface area contributed by atoms with Crippen LogP contribution in [-0.2, 0) is 0 Å². The molecule has 1 saturated heterocycles. The summed E-state index contributed by atoms with van der Waals surface area (Å²) in [6.45, 7) is 9.15. The first kappa shape index (κ1) is 14.5. The Hall–Kier alpha value is -0.900. The summed E-state index contributed by atoms with van der Waals surface area (Å²) in [4.78, 5) is 5.04. The van der Waals surface area contributed by atoms with E-state index in [4.69, 9.17) is 0 Å². The minimum absolute atomic E-state index is 0.453. The van der Waals surface area contributed by atoms with Crippen LogP contribution < -0.4 is 5.32 Å². The number of hydrogen-bond acceptors (Lipinski definition) is 3. The molecule has 1 aromatic carbocycles. The molecule has 3 heteroatoms. The average molecular weight is 261 g/mol. The highest BCUT2D eigenvalue weighted by atomic mass is 15.2. The van der Waals surface area contributed by atoms with Gasteiger partial charge in [-0.05, 0) is 38.7 Å². The minimum Gasteiger partial charge on any atom is -0.309 e. The van der Waals surface area contributed by atoms with Crippen LogP contribution in [-0.4, -0.2) is 56.1 Å². The Labute approximate surface area is 117 Å². The molecule has 1 aliphatic rings. The van der Waals surface area contributed by atoms with E-state index in [1.165, 1.54) is 38.2 Å². The summed E-state index contributed by atoms with van der Waals surface area (Å²) in [7, 11) is 2.22. The predicted molar refractivity (Wildman–Crippen MR) is 81.4 cm³/mol. The van der Waals surface area contributed by atoms with Crippen molar-refractivity contribution in [3.63, 3.8) is 0 Å². The van der Waals surface area contributed by atoms with Gasteiger partial charge in [0, 0.05) is 25.7 Å². The van der Waals surface area contributed by atoms with Gasteiger partial charge in [-0.2, -0.15) is 0 Å². The number of likely N-dealkylation sites (N-methyl/N-ethyl adjacent to an activating group) is 2. The molecule has 0 saturated carbocycles. The molecule has 3 nitrogen and oxygen atoms in total. The fourth-order valence-corrected chi connectivity index (χ4v) is 2.76. The summed E-state index contributed by atoms with van der Waals surface area (Å²) in [5.41, 5.74) is 1.40.